The molecular weight excluding hydrogens is 730 g/mol. The third kappa shape index (κ3) is 7.14. The van der Waals surface area contributed by atoms with E-state index in [0.29, 0.717) is 0 Å². The van der Waals surface area contributed by atoms with Crippen molar-refractivity contribution >= 4 is 49.7 Å². The van der Waals surface area contributed by atoms with Crippen molar-refractivity contribution in [2.24, 2.45) is 0 Å². The van der Waals surface area contributed by atoms with Crippen LogP contribution in [0.3, 0.4) is 0 Å². The Kier molecular flexibility index (Phi) is 9.94. The molecule has 278 valence electrons. The summed E-state index contributed by atoms with van der Waals surface area (Å²) in [7, 11) is -10.3. The van der Waals surface area contributed by atoms with Crippen molar-refractivity contribution in [1.29, 1.82) is 0 Å². The van der Waals surface area contributed by atoms with Crippen LogP contribution in [0.2, 0.25) is 0 Å². The molecule has 10 unspecified atom stereocenters. The van der Waals surface area contributed by atoms with E-state index in [4.69, 9.17) is 53.6 Å². The highest BCUT2D eigenvalue weighted by atomic mass is 31.2. The van der Waals surface area contributed by atoms with Crippen LogP contribution in [-0.4, -0.2) is 135 Å². The van der Waals surface area contributed by atoms with Gasteiger partial charge in [-0.3, -0.25) is 37.0 Å². The largest absolute Gasteiger partial charge is 0.472 e. The van der Waals surface area contributed by atoms with Crippen molar-refractivity contribution < 1.29 is 66.2 Å². The summed E-state index contributed by atoms with van der Waals surface area (Å²) in [5.74, 6) is -0.244. The maximum absolute atomic E-state index is 13.6. The number of nitrogen functional groups attached to an aromatic ring is 2. The Labute approximate surface area is 284 Å². The van der Waals surface area contributed by atoms with Gasteiger partial charge in [0.1, 0.15) is 48.5 Å². The highest BCUT2D eigenvalue weighted by Crippen LogP contribution is 2.54. The van der Waals surface area contributed by atoms with E-state index in [0.717, 1.165) is 12.7 Å². The molecule has 0 spiro atoms. The van der Waals surface area contributed by atoms with Gasteiger partial charge in [-0.25, -0.2) is 29.1 Å². The van der Waals surface area contributed by atoms with Gasteiger partial charge in [-0.2, -0.15) is 4.98 Å². The molecule has 51 heavy (non-hydrogen) atoms. The lowest BCUT2D eigenvalue weighted by molar-refractivity contribution is -0.0733. The van der Waals surface area contributed by atoms with Crippen molar-refractivity contribution in [3.63, 3.8) is 0 Å². The number of ether oxygens (including phenoxy) is 4. The maximum atomic E-state index is 13.6. The number of anilines is 2. The van der Waals surface area contributed by atoms with Crippen LogP contribution in [-0.2, 0) is 46.2 Å². The number of H-pyrrole nitrogens is 1. The van der Waals surface area contributed by atoms with Gasteiger partial charge in [-0.1, -0.05) is 0 Å². The fourth-order valence-electron chi connectivity index (χ4n) is 5.89. The van der Waals surface area contributed by atoms with Gasteiger partial charge >= 0.3 is 15.6 Å². The summed E-state index contributed by atoms with van der Waals surface area (Å²) in [5, 5.41) is 20.3. The predicted molar refractivity (Wildman–Crippen MR) is 165 cm³/mol. The Morgan fingerprint density at radius 1 is 0.882 bits per heavy atom. The molecule has 0 aromatic carbocycles. The zero-order valence-corrected chi connectivity index (χ0v) is 27.8. The number of aliphatic hydroxyl groups is 2. The van der Waals surface area contributed by atoms with Gasteiger partial charge in [0.15, 0.2) is 35.1 Å². The Morgan fingerprint density at radius 3 is 2.29 bits per heavy atom. The number of aliphatic hydroxyl groups excluding tert-OH is 2. The number of rotatable bonds is 8. The first kappa shape index (κ1) is 35.9. The average molecular weight is 763 g/mol. The molecule has 2 bridgehead atoms. The van der Waals surface area contributed by atoms with Crippen molar-refractivity contribution in [2.75, 3.05) is 51.1 Å². The van der Waals surface area contributed by atoms with Gasteiger partial charge in [0, 0.05) is 0 Å². The van der Waals surface area contributed by atoms with Crippen LogP contribution in [0.1, 0.15) is 12.5 Å². The Bertz CT molecular complexity index is 2050. The molecule has 7 heterocycles. The second kappa shape index (κ2) is 14.1. The number of hydrogen-bond donors (Lipinski definition) is 7. The molecule has 3 fully saturated rings. The highest BCUT2D eigenvalue weighted by Gasteiger charge is 2.54. The summed E-state index contributed by atoms with van der Waals surface area (Å²) in [5.41, 5.74) is 11.0. The first-order valence-electron chi connectivity index (χ1n) is 15.1. The van der Waals surface area contributed by atoms with Crippen molar-refractivity contribution in [1.82, 2.24) is 39.0 Å². The molecule has 27 heteroatoms. The topological polar surface area (TPSA) is 348 Å². The van der Waals surface area contributed by atoms with E-state index in [9.17, 15) is 28.8 Å². The number of hydrogen-bond acceptors (Lipinski definition) is 20. The highest BCUT2D eigenvalue weighted by molar-refractivity contribution is 7.47. The van der Waals surface area contributed by atoms with Crippen LogP contribution >= 0.6 is 15.6 Å². The molecule has 0 amide bonds. The minimum Gasteiger partial charge on any atom is -0.394 e. The van der Waals surface area contributed by atoms with Gasteiger partial charge in [0.2, 0.25) is 5.95 Å². The molecule has 4 aromatic heterocycles. The van der Waals surface area contributed by atoms with Crippen LogP contribution in [0, 0.1) is 0 Å². The normalized spacial score (nSPS) is 34.7. The van der Waals surface area contributed by atoms with Gasteiger partial charge in [-0.05, 0) is 0 Å². The number of nitrogens with two attached hydrogens (primary N) is 2. The van der Waals surface area contributed by atoms with Crippen molar-refractivity contribution in [3.05, 3.63) is 29.3 Å². The summed E-state index contributed by atoms with van der Waals surface area (Å²) < 4.78 is 74.3. The first-order chi connectivity index (χ1) is 24.4. The van der Waals surface area contributed by atoms with E-state index >= 15 is 0 Å². The minimum atomic E-state index is -5.15. The lowest BCUT2D eigenvalue weighted by Gasteiger charge is -2.27. The number of aromatic nitrogens is 8. The summed E-state index contributed by atoms with van der Waals surface area (Å²) in [4.78, 5) is 56.9. The Morgan fingerprint density at radius 2 is 1.55 bits per heavy atom. The van der Waals surface area contributed by atoms with Crippen LogP contribution in [0.25, 0.3) is 22.3 Å². The summed E-state index contributed by atoms with van der Waals surface area (Å²) in [6.45, 7) is -2.08. The number of phosphoric ester groups is 2. The lowest BCUT2D eigenvalue weighted by Crippen LogP contribution is -2.39. The molecule has 25 nitrogen and oxygen atoms in total. The molecule has 0 radical (unpaired) electrons. The van der Waals surface area contributed by atoms with Crippen molar-refractivity contribution in [2.45, 2.75) is 49.1 Å². The molecule has 0 aliphatic carbocycles. The van der Waals surface area contributed by atoms with Gasteiger partial charge in [-0.15, -0.1) is 0 Å². The summed E-state index contributed by atoms with van der Waals surface area (Å²) in [6.07, 6.45) is -8.43. The van der Waals surface area contributed by atoms with Gasteiger partial charge in [0.25, 0.3) is 5.56 Å². The molecular formula is C24H32N10O15P2. The third-order valence-electron chi connectivity index (χ3n) is 8.07. The molecule has 0 saturated carbocycles. The fourth-order valence-corrected chi connectivity index (χ4v) is 7.78. The second-order valence-corrected chi connectivity index (χ2v) is 14.1. The standard InChI is InChI=1S/C24H32N10O15P2/c25-18-12-19(28-7-27-18)33(8-29-12)22-14(36)15-10(46-22)5-44-51(40,41)49-17-16(43-4-3-42-2-1-35)11(6-45-50(38,39)48-15)47-23(17)34-9-30-13-20(34)31-24(26)32-21(13)37/h7-11,14-17,22-23,35-36H,1-6H2,(H,38,39)(H,40,41)(H2,25,27,28)(H3,26,31,32,37). The number of nitrogens with one attached hydrogen (secondary N) is 1. The van der Waals surface area contributed by atoms with Crippen LogP contribution in [0.15, 0.2) is 23.8 Å². The molecule has 4 aromatic rings. The van der Waals surface area contributed by atoms with E-state index in [1.807, 2.05) is 0 Å². The zero-order chi connectivity index (χ0) is 36.1. The fraction of sp³-hybridized carbons (Fsp3) is 0.583. The van der Waals surface area contributed by atoms with E-state index in [1.54, 1.807) is 0 Å². The smallest absolute Gasteiger partial charge is 0.394 e. The number of nitrogens with zero attached hydrogens (tertiary/aromatic N) is 7. The zero-order valence-electron chi connectivity index (χ0n) is 26.1. The number of phosphoric acid groups is 2. The van der Waals surface area contributed by atoms with Gasteiger partial charge < -0.3 is 50.4 Å². The Hall–Kier alpha value is -3.52. The third-order valence-corrected chi connectivity index (χ3v) is 10.0. The Balaban J connectivity index is 1.21. The number of imidazole rings is 2. The van der Waals surface area contributed by atoms with Crippen LogP contribution in [0.4, 0.5) is 11.8 Å². The summed E-state index contributed by atoms with van der Waals surface area (Å²) in [6, 6.07) is 0. The molecule has 10 atom stereocenters. The van der Waals surface area contributed by atoms with E-state index in [1.165, 1.54) is 15.5 Å². The van der Waals surface area contributed by atoms with E-state index < -0.39 is 83.5 Å². The molecule has 9 N–H and O–H groups in total. The monoisotopic (exact) mass is 762 g/mol. The number of fused-ring (bicyclic) bond motifs is 5. The first-order valence-corrected chi connectivity index (χ1v) is 18.1. The minimum absolute atomic E-state index is 0.0110. The number of aromatic amines is 1. The second-order valence-electron chi connectivity index (χ2n) is 11.3. The van der Waals surface area contributed by atoms with Crippen LogP contribution in [0.5, 0.6) is 0 Å². The van der Waals surface area contributed by atoms with E-state index in [-0.39, 0.29) is 60.5 Å². The summed E-state index contributed by atoms with van der Waals surface area (Å²) >= 11 is 0. The van der Waals surface area contributed by atoms with Crippen LogP contribution < -0.4 is 17.0 Å². The molecule has 7 rings (SSSR count). The lowest BCUT2D eigenvalue weighted by atomic mass is 10.1. The van der Waals surface area contributed by atoms with Gasteiger partial charge in [0.05, 0.1) is 52.3 Å². The predicted octanol–water partition coefficient (Wildman–Crippen LogP) is -2.31. The quantitative estimate of drug-likeness (QED) is 0.0732. The SMILES string of the molecule is Nc1nc2c(ncn2C2OC3COP(=O)(O)OC4C(COP(=O)(O)OC2C3OCCOCCO)OC(n2cnc3c(N)ncnc32)C4O)c(=O)[nH]1. The maximum Gasteiger partial charge on any atom is 0.472 e. The molecule has 3 saturated heterocycles. The molecule has 3 aliphatic rings. The average Bonchev–Trinajstić information content (AvgIpc) is 3.84. The van der Waals surface area contributed by atoms with E-state index in [2.05, 4.69) is 29.9 Å². The molecule has 3 aliphatic heterocycles. The van der Waals surface area contributed by atoms with Crippen molar-refractivity contribution in [3.8, 4) is 0 Å².